The highest BCUT2D eigenvalue weighted by molar-refractivity contribution is 6.27. The first-order chi connectivity index (χ1) is 12.0. The minimum atomic E-state index is -0.0891. The normalized spacial score (nSPS) is 12.9. The first-order valence-corrected chi connectivity index (χ1v) is 8.31. The second-order valence-corrected chi connectivity index (χ2v) is 6.76. The standard InChI is InChI=1S/C21H19N2O2/c1-13(2)8-9-23-12-22(3)18-19(23)21(25)17-11-15-7-5-4-6-14(15)10-16(17)20(18)24/h4-8,10-12H,9H2,1-3H3/q+1. The molecule has 4 nitrogen and oxygen atoms in total. The van der Waals surface area contributed by atoms with E-state index in [1.165, 1.54) is 5.57 Å². The van der Waals surface area contributed by atoms with Crippen molar-refractivity contribution in [1.82, 2.24) is 4.57 Å². The van der Waals surface area contributed by atoms with Crippen LogP contribution in [0.2, 0.25) is 0 Å². The Hall–Kier alpha value is -3.01. The smallest absolute Gasteiger partial charge is 0.245 e. The molecule has 0 atom stereocenters. The first-order valence-electron chi connectivity index (χ1n) is 8.31. The molecule has 0 N–H and O–H groups in total. The van der Waals surface area contributed by atoms with E-state index in [2.05, 4.69) is 0 Å². The van der Waals surface area contributed by atoms with Gasteiger partial charge in [0.1, 0.15) is 6.54 Å². The number of nitrogens with zero attached hydrogens (tertiary/aromatic N) is 2. The average molecular weight is 331 g/mol. The Morgan fingerprint density at radius 3 is 2.24 bits per heavy atom. The lowest BCUT2D eigenvalue weighted by molar-refractivity contribution is -0.672. The lowest BCUT2D eigenvalue weighted by atomic mass is 9.87. The van der Waals surface area contributed by atoms with Crippen LogP contribution in [0.15, 0.2) is 54.4 Å². The van der Waals surface area contributed by atoms with Crippen LogP contribution < -0.4 is 4.57 Å². The van der Waals surface area contributed by atoms with Crippen molar-refractivity contribution in [3.05, 3.63) is 76.9 Å². The van der Waals surface area contributed by atoms with Crippen molar-refractivity contribution in [3.63, 3.8) is 0 Å². The molecule has 1 aliphatic carbocycles. The summed E-state index contributed by atoms with van der Waals surface area (Å²) in [5, 5.41) is 1.94. The first kappa shape index (κ1) is 15.5. The van der Waals surface area contributed by atoms with Crippen molar-refractivity contribution in [2.45, 2.75) is 20.4 Å². The van der Waals surface area contributed by atoms with Gasteiger partial charge in [-0.2, -0.15) is 0 Å². The van der Waals surface area contributed by atoms with Gasteiger partial charge in [0, 0.05) is 11.1 Å². The molecule has 124 valence electrons. The molecule has 1 aromatic heterocycles. The molecule has 2 aromatic carbocycles. The fourth-order valence-corrected chi connectivity index (χ4v) is 3.42. The molecule has 0 unspecified atom stereocenters. The van der Waals surface area contributed by atoms with E-state index < -0.39 is 0 Å². The summed E-state index contributed by atoms with van der Waals surface area (Å²) in [6.45, 7) is 4.61. The van der Waals surface area contributed by atoms with Gasteiger partial charge in [-0.05, 0) is 42.8 Å². The van der Waals surface area contributed by atoms with Gasteiger partial charge in [-0.3, -0.25) is 9.59 Å². The second-order valence-electron chi connectivity index (χ2n) is 6.76. The van der Waals surface area contributed by atoms with E-state index >= 15 is 0 Å². The topological polar surface area (TPSA) is 43.0 Å². The van der Waals surface area contributed by atoms with E-state index in [4.69, 9.17) is 0 Å². The van der Waals surface area contributed by atoms with Gasteiger partial charge in [0.2, 0.25) is 29.3 Å². The summed E-state index contributed by atoms with van der Waals surface area (Å²) in [5.41, 5.74) is 3.11. The van der Waals surface area contributed by atoms with E-state index in [0.717, 1.165) is 10.8 Å². The molecule has 0 saturated heterocycles. The highest BCUT2D eigenvalue weighted by Crippen LogP contribution is 2.29. The Labute approximate surface area is 146 Å². The molecule has 1 aliphatic rings. The molecule has 25 heavy (non-hydrogen) atoms. The minimum Gasteiger partial charge on any atom is -0.284 e. The van der Waals surface area contributed by atoms with Crippen molar-refractivity contribution in [3.8, 4) is 0 Å². The van der Waals surface area contributed by atoms with Crippen LogP contribution in [0.25, 0.3) is 10.8 Å². The van der Waals surface area contributed by atoms with Gasteiger partial charge in [-0.25, -0.2) is 9.13 Å². The Kier molecular flexibility index (Phi) is 3.42. The van der Waals surface area contributed by atoms with Gasteiger partial charge in [-0.1, -0.05) is 29.8 Å². The molecule has 1 heterocycles. The fraction of sp³-hybridized carbons (Fsp3) is 0.190. The lowest BCUT2D eigenvalue weighted by Crippen LogP contribution is -2.36. The number of allylic oxidation sites excluding steroid dienone is 2. The fourth-order valence-electron chi connectivity index (χ4n) is 3.42. The Bertz CT molecular complexity index is 1080. The highest BCUT2D eigenvalue weighted by Gasteiger charge is 2.40. The number of aryl methyl sites for hydroxylation is 1. The number of imidazole rings is 1. The Morgan fingerprint density at radius 2 is 1.64 bits per heavy atom. The van der Waals surface area contributed by atoms with E-state index in [9.17, 15) is 9.59 Å². The predicted octanol–water partition coefficient (Wildman–Crippen LogP) is 3.21. The molecule has 0 bridgehead atoms. The van der Waals surface area contributed by atoms with Crippen LogP contribution in [0.1, 0.15) is 46.0 Å². The lowest BCUT2D eigenvalue weighted by Gasteiger charge is -2.14. The van der Waals surface area contributed by atoms with E-state index in [1.807, 2.05) is 74.3 Å². The van der Waals surface area contributed by atoms with Gasteiger partial charge in [0.15, 0.2) is 0 Å². The number of carbonyl (C=O) groups excluding carboxylic acids is 2. The Morgan fingerprint density at radius 1 is 1.04 bits per heavy atom. The van der Waals surface area contributed by atoms with Crippen LogP contribution >= 0.6 is 0 Å². The van der Waals surface area contributed by atoms with Crippen LogP contribution in [-0.4, -0.2) is 16.1 Å². The van der Waals surface area contributed by atoms with Crippen LogP contribution in [0.4, 0.5) is 0 Å². The molecule has 0 spiro atoms. The highest BCUT2D eigenvalue weighted by atomic mass is 16.1. The van der Waals surface area contributed by atoms with Crippen LogP contribution in [0.5, 0.6) is 0 Å². The van der Waals surface area contributed by atoms with Gasteiger partial charge in [0.25, 0.3) is 0 Å². The number of hydrogen-bond acceptors (Lipinski definition) is 2. The molecular weight excluding hydrogens is 312 g/mol. The summed E-state index contributed by atoms with van der Waals surface area (Å²) in [6.07, 6.45) is 3.87. The molecule has 4 rings (SSSR count). The molecule has 0 aliphatic heterocycles. The molecule has 0 saturated carbocycles. The number of rotatable bonds is 2. The summed E-state index contributed by atoms with van der Waals surface area (Å²) in [4.78, 5) is 26.2. The van der Waals surface area contributed by atoms with E-state index in [1.54, 1.807) is 4.57 Å². The maximum absolute atomic E-state index is 13.2. The van der Waals surface area contributed by atoms with Crippen molar-refractivity contribution in [1.29, 1.82) is 0 Å². The van der Waals surface area contributed by atoms with Crippen molar-refractivity contribution in [2.75, 3.05) is 0 Å². The monoisotopic (exact) mass is 331 g/mol. The SMILES string of the molecule is CC(C)=CCn1c[n+](C)c2c1C(=O)c1cc3ccccc3cc1C2=O. The number of ketones is 2. The van der Waals surface area contributed by atoms with Crippen LogP contribution in [-0.2, 0) is 13.6 Å². The zero-order valence-corrected chi connectivity index (χ0v) is 14.5. The third-order valence-electron chi connectivity index (χ3n) is 4.68. The summed E-state index contributed by atoms with van der Waals surface area (Å²) in [5.74, 6) is -0.174. The molecular formula is C21H19N2O2+. The maximum atomic E-state index is 13.2. The number of benzene rings is 2. The molecule has 4 heteroatoms. The third-order valence-corrected chi connectivity index (χ3v) is 4.68. The summed E-state index contributed by atoms with van der Waals surface area (Å²) in [6, 6.07) is 11.5. The average Bonchev–Trinajstić information content (AvgIpc) is 2.93. The maximum Gasteiger partial charge on any atom is 0.245 e. The second kappa shape index (κ2) is 5.52. The minimum absolute atomic E-state index is 0.0851. The molecule has 3 aromatic rings. The number of hydrogen-bond donors (Lipinski definition) is 0. The predicted molar refractivity (Wildman–Crippen MR) is 95.9 cm³/mol. The van der Waals surface area contributed by atoms with Gasteiger partial charge in [0.05, 0.1) is 7.05 Å². The summed E-state index contributed by atoms with van der Waals surface area (Å²) in [7, 11) is 1.81. The van der Waals surface area contributed by atoms with E-state index in [0.29, 0.717) is 29.1 Å². The quantitative estimate of drug-likeness (QED) is 0.418. The molecule has 0 radical (unpaired) electrons. The zero-order valence-electron chi connectivity index (χ0n) is 14.5. The molecule has 0 amide bonds. The summed E-state index contributed by atoms with van der Waals surface area (Å²) >= 11 is 0. The summed E-state index contributed by atoms with van der Waals surface area (Å²) < 4.78 is 3.62. The number of aromatic nitrogens is 2. The number of carbonyl (C=O) groups is 2. The van der Waals surface area contributed by atoms with Crippen molar-refractivity contribution < 1.29 is 14.2 Å². The zero-order chi connectivity index (χ0) is 17.7. The van der Waals surface area contributed by atoms with Crippen molar-refractivity contribution >= 4 is 22.3 Å². The Balaban J connectivity index is 1.95. The molecule has 0 fully saturated rings. The van der Waals surface area contributed by atoms with Crippen LogP contribution in [0, 0.1) is 0 Å². The number of fused-ring (bicyclic) bond motifs is 3. The van der Waals surface area contributed by atoms with Gasteiger partial charge < -0.3 is 0 Å². The van der Waals surface area contributed by atoms with Gasteiger partial charge >= 0.3 is 0 Å². The van der Waals surface area contributed by atoms with Crippen molar-refractivity contribution in [2.24, 2.45) is 7.05 Å². The van der Waals surface area contributed by atoms with E-state index in [-0.39, 0.29) is 11.6 Å². The van der Waals surface area contributed by atoms with Gasteiger partial charge in [-0.15, -0.1) is 0 Å². The largest absolute Gasteiger partial charge is 0.284 e. The third kappa shape index (κ3) is 2.33. The van der Waals surface area contributed by atoms with Crippen LogP contribution in [0.3, 0.4) is 0 Å².